The van der Waals surface area contributed by atoms with Crippen LogP contribution >= 0.6 is 0 Å². The SMILES string of the molecule is Cc1ccc(S(=O)(=O)OC2Cc3c4c(cc(CC#N)c3OCC4)O2)cc1. The number of ether oxygens (including phenoxy) is 2. The van der Waals surface area contributed by atoms with Crippen molar-refractivity contribution in [2.24, 2.45) is 0 Å². The lowest BCUT2D eigenvalue weighted by molar-refractivity contribution is 0.00302. The summed E-state index contributed by atoms with van der Waals surface area (Å²) in [6.45, 7) is 2.41. The van der Waals surface area contributed by atoms with E-state index in [0.29, 0.717) is 24.5 Å². The molecular formula is C19H17NO5S. The van der Waals surface area contributed by atoms with E-state index in [2.05, 4.69) is 6.07 Å². The molecule has 0 aromatic heterocycles. The lowest BCUT2D eigenvalue weighted by Gasteiger charge is -2.33. The van der Waals surface area contributed by atoms with Gasteiger partial charge in [0.05, 0.1) is 24.0 Å². The molecular weight excluding hydrogens is 354 g/mol. The van der Waals surface area contributed by atoms with Gasteiger partial charge in [-0.25, -0.2) is 4.18 Å². The van der Waals surface area contributed by atoms with Crippen molar-refractivity contribution in [3.63, 3.8) is 0 Å². The average Bonchev–Trinajstić information content (AvgIpc) is 2.59. The number of benzene rings is 2. The molecule has 26 heavy (non-hydrogen) atoms. The molecule has 2 aromatic rings. The minimum Gasteiger partial charge on any atom is -0.493 e. The minimum atomic E-state index is -3.94. The molecule has 0 spiro atoms. The topological polar surface area (TPSA) is 85.6 Å². The maximum Gasteiger partial charge on any atom is 0.300 e. The fourth-order valence-electron chi connectivity index (χ4n) is 3.34. The molecule has 2 aliphatic heterocycles. The van der Waals surface area contributed by atoms with E-state index in [1.165, 1.54) is 12.1 Å². The molecule has 0 amide bonds. The monoisotopic (exact) mass is 371 g/mol. The first-order valence-corrected chi connectivity index (χ1v) is 9.73. The van der Waals surface area contributed by atoms with Crippen LogP contribution in [0.25, 0.3) is 0 Å². The fourth-order valence-corrected chi connectivity index (χ4v) is 4.31. The van der Waals surface area contributed by atoms with Crippen molar-refractivity contribution in [1.29, 1.82) is 5.26 Å². The molecule has 1 unspecified atom stereocenters. The van der Waals surface area contributed by atoms with Gasteiger partial charge in [0.15, 0.2) is 0 Å². The van der Waals surface area contributed by atoms with Gasteiger partial charge in [-0.15, -0.1) is 0 Å². The van der Waals surface area contributed by atoms with Gasteiger partial charge in [0.25, 0.3) is 10.1 Å². The Bertz CT molecular complexity index is 1010. The fraction of sp³-hybridized carbons (Fsp3) is 0.316. The van der Waals surface area contributed by atoms with Crippen LogP contribution in [-0.2, 0) is 33.6 Å². The number of rotatable bonds is 4. The van der Waals surface area contributed by atoms with E-state index in [1.54, 1.807) is 18.2 Å². The Morgan fingerprint density at radius 3 is 2.77 bits per heavy atom. The Balaban J connectivity index is 1.62. The van der Waals surface area contributed by atoms with E-state index in [0.717, 1.165) is 22.3 Å². The van der Waals surface area contributed by atoms with Crippen LogP contribution in [0.1, 0.15) is 22.3 Å². The highest BCUT2D eigenvalue weighted by atomic mass is 32.2. The van der Waals surface area contributed by atoms with Gasteiger partial charge in [-0.3, -0.25) is 0 Å². The molecule has 7 heteroatoms. The van der Waals surface area contributed by atoms with Crippen LogP contribution in [0.5, 0.6) is 11.5 Å². The van der Waals surface area contributed by atoms with E-state index >= 15 is 0 Å². The predicted molar refractivity (Wildman–Crippen MR) is 92.5 cm³/mol. The van der Waals surface area contributed by atoms with Gasteiger partial charge in [0.2, 0.25) is 6.29 Å². The lowest BCUT2D eigenvalue weighted by Crippen LogP contribution is -2.33. The maximum atomic E-state index is 12.5. The Hall–Kier alpha value is -2.56. The van der Waals surface area contributed by atoms with Crippen LogP contribution in [0.2, 0.25) is 0 Å². The van der Waals surface area contributed by atoms with Gasteiger partial charge in [0.1, 0.15) is 11.5 Å². The highest BCUT2D eigenvalue weighted by Crippen LogP contribution is 2.43. The molecule has 6 nitrogen and oxygen atoms in total. The summed E-state index contributed by atoms with van der Waals surface area (Å²) in [5, 5.41) is 9.00. The van der Waals surface area contributed by atoms with Gasteiger partial charge in [-0.05, 0) is 25.1 Å². The van der Waals surface area contributed by atoms with Gasteiger partial charge in [-0.1, -0.05) is 17.7 Å². The van der Waals surface area contributed by atoms with E-state index in [1.807, 2.05) is 6.92 Å². The third-order valence-electron chi connectivity index (χ3n) is 4.57. The van der Waals surface area contributed by atoms with E-state index < -0.39 is 16.4 Å². The highest BCUT2D eigenvalue weighted by Gasteiger charge is 2.34. The predicted octanol–water partition coefficient (Wildman–Crippen LogP) is 2.66. The summed E-state index contributed by atoms with van der Waals surface area (Å²) in [6.07, 6.45) is 0.225. The first-order chi connectivity index (χ1) is 12.5. The van der Waals surface area contributed by atoms with Crippen molar-refractivity contribution in [2.45, 2.75) is 37.4 Å². The van der Waals surface area contributed by atoms with Gasteiger partial charge >= 0.3 is 0 Å². The Morgan fingerprint density at radius 1 is 1.27 bits per heavy atom. The maximum absolute atomic E-state index is 12.5. The normalized spacial score (nSPS) is 17.8. The van der Waals surface area contributed by atoms with Crippen molar-refractivity contribution in [1.82, 2.24) is 0 Å². The summed E-state index contributed by atoms with van der Waals surface area (Å²) in [6, 6.07) is 10.3. The molecule has 0 N–H and O–H groups in total. The largest absolute Gasteiger partial charge is 0.493 e. The summed E-state index contributed by atoms with van der Waals surface area (Å²) in [4.78, 5) is 0.0925. The van der Waals surface area contributed by atoms with Crippen LogP contribution in [0.4, 0.5) is 0 Å². The number of nitrogens with zero attached hydrogens (tertiary/aromatic N) is 1. The molecule has 2 aromatic carbocycles. The number of hydrogen-bond donors (Lipinski definition) is 0. The van der Waals surface area contributed by atoms with Crippen molar-refractivity contribution < 1.29 is 22.1 Å². The van der Waals surface area contributed by atoms with Crippen LogP contribution in [0.3, 0.4) is 0 Å². The minimum absolute atomic E-state index is 0.0925. The second kappa shape index (κ2) is 6.31. The molecule has 1 atom stereocenters. The number of hydrogen-bond acceptors (Lipinski definition) is 6. The van der Waals surface area contributed by atoms with Crippen LogP contribution < -0.4 is 9.47 Å². The lowest BCUT2D eigenvalue weighted by atomic mass is 9.91. The van der Waals surface area contributed by atoms with Crippen molar-refractivity contribution in [3.8, 4) is 17.6 Å². The van der Waals surface area contributed by atoms with Crippen molar-refractivity contribution >= 4 is 10.1 Å². The Morgan fingerprint density at radius 2 is 2.04 bits per heavy atom. The third-order valence-corrected chi connectivity index (χ3v) is 5.89. The van der Waals surface area contributed by atoms with Crippen LogP contribution in [0, 0.1) is 18.3 Å². The van der Waals surface area contributed by atoms with Gasteiger partial charge in [-0.2, -0.15) is 13.7 Å². The zero-order valence-electron chi connectivity index (χ0n) is 14.2. The van der Waals surface area contributed by atoms with E-state index in [-0.39, 0.29) is 17.7 Å². The second-order valence-corrected chi connectivity index (χ2v) is 7.94. The summed E-state index contributed by atoms with van der Waals surface area (Å²) in [5.41, 5.74) is 3.63. The van der Waals surface area contributed by atoms with Crippen LogP contribution in [0.15, 0.2) is 35.2 Å². The van der Waals surface area contributed by atoms with Gasteiger partial charge < -0.3 is 9.47 Å². The molecule has 4 bridgehead atoms. The molecule has 0 saturated heterocycles. The van der Waals surface area contributed by atoms with Crippen molar-refractivity contribution in [3.05, 3.63) is 52.6 Å². The molecule has 0 aliphatic carbocycles. The molecule has 134 valence electrons. The molecule has 0 fully saturated rings. The van der Waals surface area contributed by atoms with E-state index in [4.69, 9.17) is 18.9 Å². The Labute approximate surface area is 152 Å². The second-order valence-electron chi connectivity index (χ2n) is 6.37. The zero-order chi connectivity index (χ0) is 18.3. The molecule has 4 rings (SSSR count). The third kappa shape index (κ3) is 2.91. The summed E-state index contributed by atoms with van der Waals surface area (Å²) < 4.78 is 41.9. The number of aryl methyl sites for hydroxylation is 1. The quantitative estimate of drug-likeness (QED) is 0.768. The standard InChI is InChI=1S/C19H17NO5S/c1-12-2-4-14(5-3-12)26(21,22)25-18-11-16-15-7-9-23-19(16)13(6-8-20)10-17(15)24-18/h2-5,10,18H,6-7,9,11H2,1H3. The first kappa shape index (κ1) is 16.9. The Kier molecular flexibility index (Phi) is 4.10. The van der Waals surface area contributed by atoms with Crippen LogP contribution in [-0.4, -0.2) is 21.3 Å². The van der Waals surface area contributed by atoms with Gasteiger partial charge in [0, 0.05) is 29.5 Å². The molecule has 0 radical (unpaired) electrons. The summed E-state index contributed by atoms with van der Waals surface area (Å²) in [7, 11) is -3.94. The summed E-state index contributed by atoms with van der Waals surface area (Å²) >= 11 is 0. The van der Waals surface area contributed by atoms with E-state index in [9.17, 15) is 8.42 Å². The first-order valence-electron chi connectivity index (χ1n) is 8.32. The highest BCUT2D eigenvalue weighted by molar-refractivity contribution is 7.86. The molecule has 0 saturated carbocycles. The average molecular weight is 371 g/mol. The summed E-state index contributed by atoms with van der Waals surface area (Å²) in [5.74, 6) is 1.24. The molecule has 2 heterocycles. The zero-order valence-corrected chi connectivity index (χ0v) is 15.0. The van der Waals surface area contributed by atoms with Crippen molar-refractivity contribution in [2.75, 3.05) is 6.61 Å². The number of nitriles is 1. The molecule has 2 aliphatic rings. The smallest absolute Gasteiger partial charge is 0.300 e.